The number of carbonyl (C=O) groups is 1. The maximum absolute atomic E-state index is 12.6. The lowest BCUT2D eigenvalue weighted by Crippen LogP contribution is -2.40. The van der Waals surface area contributed by atoms with Gasteiger partial charge in [0.25, 0.3) is 0 Å². The van der Waals surface area contributed by atoms with Gasteiger partial charge < -0.3 is 10.2 Å². The average molecular weight is 386 g/mol. The van der Waals surface area contributed by atoms with Crippen LogP contribution in [0.4, 0.5) is 5.82 Å². The Labute approximate surface area is 171 Å². The third-order valence-corrected chi connectivity index (χ3v) is 5.46. The Morgan fingerprint density at radius 3 is 2.59 bits per heavy atom. The molecule has 5 nitrogen and oxygen atoms in total. The predicted molar refractivity (Wildman–Crippen MR) is 115 cm³/mol. The standard InChI is InChI=1S/C24H26N4O/c1-18-6-5-7-19(14-18)16-25-24(29)21-10-12-28(13-11-21)23-15-22(26-17-27-23)20-8-3-2-4-9-20/h2-9,14-15,17,21H,10-13,16H2,1H3,(H,25,29). The summed E-state index contributed by atoms with van der Waals surface area (Å²) in [6.45, 7) is 4.31. The molecule has 0 atom stereocenters. The highest BCUT2D eigenvalue weighted by Crippen LogP contribution is 2.25. The highest BCUT2D eigenvalue weighted by atomic mass is 16.1. The smallest absolute Gasteiger partial charge is 0.223 e. The second kappa shape index (κ2) is 8.86. The van der Waals surface area contributed by atoms with Crippen LogP contribution in [0.5, 0.6) is 0 Å². The lowest BCUT2D eigenvalue weighted by Gasteiger charge is -2.32. The summed E-state index contributed by atoms with van der Waals surface area (Å²) in [5.41, 5.74) is 4.37. The summed E-state index contributed by atoms with van der Waals surface area (Å²) in [4.78, 5) is 23.7. The normalized spacial score (nSPS) is 14.6. The molecule has 1 saturated heterocycles. The SMILES string of the molecule is Cc1cccc(CNC(=O)C2CCN(c3cc(-c4ccccc4)ncn3)CC2)c1. The van der Waals surface area contributed by atoms with Gasteiger partial charge >= 0.3 is 0 Å². The van der Waals surface area contributed by atoms with Crippen LogP contribution in [0, 0.1) is 12.8 Å². The maximum Gasteiger partial charge on any atom is 0.223 e. The van der Waals surface area contributed by atoms with Crippen LogP contribution in [0.1, 0.15) is 24.0 Å². The Bertz CT molecular complexity index is 965. The molecule has 0 radical (unpaired) electrons. The monoisotopic (exact) mass is 386 g/mol. The zero-order valence-electron chi connectivity index (χ0n) is 16.7. The van der Waals surface area contributed by atoms with Crippen molar-refractivity contribution in [2.75, 3.05) is 18.0 Å². The number of hydrogen-bond acceptors (Lipinski definition) is 4. The number of hydrogen-bond donors (Lipinski definition) is 1. The van der Waals surface area contributed by atoms with E-state index in [-0.39, 0.29) is 11.8 Å². The Morgan fingerprint density at radius 2 is 1.83 bits per heavy atom. The molecule has 1 aliphatic heterocycles. The number of carbonyl (C=O) groups excluding carboxylic acids is 1. The van der Waals surface area contributed by atoms with E-state index >= 15 is 0 Å². The number of anilines is 1. The summed E-state index contributed by atoms with van der Waals surface area (Å²) in [7, 11) is 0. The summed E-state index contributed by atoms with van der Waals surface area (Å²) in [5.74, 6) is 1.14. The van der Waals surface area contributed by atoms with Gasteiger partial charge in [-0.1, -0.05) is 60.2 Å². The van der Waals surface area contributed by atoms with E-state index in [1.165, 1.54) is 5.56 Å². The van der Waals surface area contributed by atoms with Crippen LogP contribution in [0.15, 0.2) is 67.0 Å². The van der Waals surface area contributed by atoms with Crippen LogP contribution in [-0.2, 0) is 11.3 Å². The summed E-state index contributed by atoms with van der Waals surface area (Å²) in [6.07, 6.45) is 3.30. The number of amides is 1. The predicted octanol–water partition coefficient (Wildman–Crippen LogP) is 3.98. The average Bonchev–Trinajstić information content (AvgIpc) is 2.78. The van der Waals surface area contributed by atoms with Crippen LogP contribution < -0.4 is 10.2 Å². The minimum absolute atomic E-state index is 0.0616. The Morgan fingerprint density at radius 1 is 1.03 bits per heavy atom. The van der Waals surface area contributed by atoms with Crippen LogP contribution in [-0.4, -0.2) is 29.0 Å². The van der Waals surface area contributed by atoms with Gasteiger partial charge in [0, 0.05) is 37.2 Å². The van der Waals surface area contributed by atoms with Crippen molar-refractivity contribution in [2.24, 2.45) is 5.92 Å². The molecular weight excluding hydrogens is 360 g/mol. The van der Waals surface area contributed by atoms with Crippen molar-refractivity contribution in [2.45, 2.75) is 26.3 Å². The van der Waals surface area contributed by atoms with Crippen molar-refractivity contribution >= 4 is 11.7 Å². The molecule has 0 unspecified atom stereocenters. The minimum Gasteiger partial charge on any atom is -0.356 e. The third-order valence-electron chi connectivity index (χ3n) is 5.46. The Balaban J connectivity index is 1.33. The van der Waals surface area contributed by atoms with Crippen LogP contribution in [0.2, 0.25) is 0 Å². The van der Waals surface area contributed by atoms with E-state index in [1.54, 1.807) is 6.33 Å². The number of aryl methyl sites for hydroxylation is 1. The Hall–Kier alpha value is -3.21. The highest BCUT2D eigenvalue weighted by Gasteiger charge is 2.25. The van der Waals surface area contributed by atoms with Gasteiger partial charge in [0.1, 0.15) is 12.1 Å². The number of aromatic nitrogens is 2. The first kappa shape index (κ1) is 19.1. The first-order chi connectivity index (χ1) is 14.2. The third kappa shape index (κ3) is 4.80. The van der Waals surface area contributed by atoms with Gasteiger partial charge in [0.05, 0.1) is 5.69 Å². The second-order valence-electron chi connectivity index (χ2n) is 7.60. The number of piperidine rings is 1. The highest BCUT2D eigenvalue weighted by molar-refractivity contribution is 5.79. The first-order valence-corrected chi connectivity index (χ1v) is 10.1. The van der Waals surface area contributed by atoms with Gasteiger partial charge in [-0.15, -0.1) is 0 Å². The topological polar surface area (TPSA) is 58.1 Å². The van der Waals surface area contributed by atoms with Gasteiger partial charge in [-0.2, -0.15) is 0 Å². The fraction of sp³-hybridized carbons (Fsp3) is 0.292. The largest absolute Gasteiger partial charge is 0.356 e. The number of rotatable bonds is 5. The van der Waals surface area contributed by atoms with E-state index in [1.807, 2.05) is 30.3 Å². The molecule has 1 fully saturated rings. The summed E-state index contributed by atoms with van der Waals surface area (Å²) < 4.78 is 0. The molecular formula is C24H26N4O. The zero-order chi connectivity index (χ0) is 20.1. The first-order valence-electron chi connectivity index (χ1n) is 10.1. The second-order valence-corrected chi connectivity index (χ2v) is 7.60. The molecule has 3 aromatic rings. The fourth-order valence-electron chi connectivity index (χ4n) is 3.81. The molecule has 0 saturated carbocycles. The van der Waals surface area contributed by atoms with Crippen molar-refractivity contribution < 1.29 is 4.79 Å². The summed E-state index contributed by atoms with van der Waals surface area (Å²) in [6, 6.07) is 20.4. The fourth-order valence-corrected chi connectivity index (χ4v) is 3.81. The van der Waals surface area contributed by atoms with Gasteiger partial charge in [-0.25, -0.2) is 9.97 Å². The molecule has 1 amide bonds. The van der Waals surface area contributed by atoms with E-state index in [2.05, 4.69) is 57.4 Å². The number of nitrogens with zero attached hydrogens (tertiary/aromatic N) is 3. The zero-order valence-corrected chi connectivity index (χ0v) is 16.7. The van der Waals surface area contributed by atoms with Gasteiger partial charge in [0.2, 0.25) is 5.91 Å². The van der Waals surface area contributed by atoms with Crippen LogP contribution in [0.3, 0.4) is 0 Å². The van der Waals surface area contributed by atoms with Gasteiger partial charge in [-0.3, -0.25) is 4.79 Å². The van der Waals surface area contributed by atoms with E-state index in [0.29, 0.717) is 6.54 Å². The molecule has 1 N–H and O–H groups in total. The molecule has 0 spiro atoms. The molecule has 5 heteroatoms. The van der Waals surface area contributed by atoms with E-state index in [0.717, 1.165) is 48.6 Å². The van der Waals surface area contributed by atoms with Gasteiger partial charge in [-0.05, 0) is 25.3 Å². The summed E-state index contributed by atoms with van der Waals surface area (Å²) >= 11 is 0. The molecule has 29 heavy (non-hydrogen) atoms. The molecule has 0 bridgehead atoms. The van der Waals surface area contributed by atoms with Crippen molar-refractivity contribution in [3.63, 3.8) is 0 Å². The number of nitrogens with one attached hydrogen (secondary N) is 1. The molecule has 4 rings (SSSR count). The molecule has 148 valence electrons. The number of benzene rings is 2. The molecule has 1 aliphatic rings. The lowest BCUT2D eigenvalue weighted by atomic mass is 9.95. The van der Waals surface area contributed by atoms with E-state index in [4.69, 9.17) is 0 Å². The van der Waals surface area contributed by atoms with Crippen molar-refractivity contribution in [1.29, 1.82) is 0 Å². The van der Waals surface area contributed by atoms with Crippen LogP contribution >= 0.6 is 0 Å². The van der Waals surface area contributed by atoms with Crippen LogP contribution in [0.25, 0.3) is 11.3 Å². The molecule has 2 heterocycles. The van der Waals surface area contributed by atoms with E-state index in [9.17, 15) is 4.79 Å². The molecule has 0 aliphatic carbocycles. The molecule has 2 aromatic carbocycles. The van der Waals surface area contributed by atoms with Gasteiger partial charge in [0.15, 0.2) is 0 Å². The summed E-state index contributed by atoms with van der Waals surface area (Å²) in [5, 5.41) is 3.10. The Kier molecular flexibility index (Phi) is 5.84. The van der Waals surface area contributed by atoms with E-state index < -0.39 is 0 Å². The minimum atomic E-state index is 0.0616. The molecule has 1 aromatic heterocycles. The van der Waals surface area contributed by atoms with Crippen molar-refractivity contribution in [3.05, 3.63) is 78.1 Å². The lowest BCUT2D eigenvalue weighted by molar-refractivity contribution is -0.125. The van der Waals surface area contributed by atoms with Crippen molar-refractivity contribution in [1.82, 2.24) is 15.3 Å². The van der Waals surface area contributed by atoms with Crippen molar-refractivity contribution in [3.8, 4) is 11.3 Å². The maximum atomic E-state index is 12.6. The quantitative estimate of drug-likeness (QED) is 0.720.